The summed E-state index contributed by atoms with van der Waals surface area (Å²) in [4.78, 5) is 0.839. The summed E-state index contributed by atoms with van der Waals surface area (Å²) in [5.74, 6) is 1.31. The monoisotopic (exact) mass is 271 g/mol. The molecule has 0 aliphatic carbocycles. The lowest BCUT2D eigenvalue weighted by atomic mass is 10.2. The summed E-state index contributed by atoms with van der Waals surface area (Å²) in [5.41, 5.74) is 1.10. The van der Waals surface area contributed by atoms with Gasteiger partial charge in [-0.2, -0.15) is 5.26 Å². The van der Waals surface area contributed by atoms with Gasteiger partial charge in [0.1, 0.15) is 12.0 Å². The number of thioether (sulfide) groups is 1. The molecule has 0 N–H and O–H groups in total. The summed E-state index contributed by atoms with van der Waals surface area (Å²) in [6, 6.07) is 15.4. The van der Waals surface area contributed by atoms with E-state index in [1.807, 2.05) is 47.9 Å². The minimum absolute atomic E-state index is 0.488. The summed E-state index contributed by atoms with van der Waals surface area (Å²) in [6.45, 7) is 0.488. The van der Waals surface area contributed by atoms with Crippen molar-refractivity contribution in [2.75, 3.05) is 7.11 Å². The molecule has 0 spiro atoms. The molecular weight excluding hydrogens is 258 g/mol. The maximum absolute atomic E-state index is 8.65. The second kappa shape index (κ2) is 6.72. The molecule has 0 heterocycles. The molecule has 0 unspecified atom stereocenters. The summed E-state index contributed by atoms with van der Waals surface area (Å²) in [5, 5.41) is 10.7. The molecule has 2 aromatic rings. The van der Waals surface area contributed by atoms with Crippen LogP contribution < -0.4 is 9.47 Å². The van der Waals surface area contributed by atoms with Crippen molar-refractivity contribution in [2.24, 2.45) is 0 Å². The number of thiocyanates is 1. The van der Waals surface area contributed by atoms with Crippen molar-refractivity contribution in [3.8, 4) is 16.9 Å². The highest BCUT2D eigenvalue weighted by atomic mass is 32.2. The van der Waals surface area contributed by atoms with Gasteiger partial charge in [-0.25, -0.2) is 0 Å². The Morgan fingerprint density at radius 3 is 2.58 bits per heavy atom. The molecule has 0 atom stereocenters. The van der Waals surface area contributed by atoms with Crippen molar-refractivity contribution in [3.63, 3.8) is 0 Å². The smallest absolute Gasteiger partial charge is 0.161 e. The van der Waals surface area contributed by atoms with Crippen LogP contribution in [-0.4, -0.2) is 7.11 Å². The molecule has 0 bridgehead atoms. The molecule has 96 valence electrons. The van der Waals surface area contributed by atoms with E-state index >= 15 is 0 Å². The molecule has 0 aromatic heterocycles. The van der Waals surface area contributed by atoms with Gasteiger partial charge in [0, 0.05) is 4.90 Å². The van der Waals surface area contributed by atoms with E-state index in [-0.39, 0.29) is 0 Å². The van der Waals surface area contributed by atoms with Crippen LogP contribution in [0.5, 0.6) is 11.5 Å². The van der Waals surface area contributed by atoms with E-state index in [1.54, 1.807) is 13.2 Å². The van der Waals surface area contributed by atoms with E-state index in [1.165, 1.54) is 0 Å². The molecule has 0 amide bonds. The highest BCUT2D eigenvalue weighted by molar-refractivity contribution is 8.03. The largest absolute Gasteiger partial charge is 0.493 e. The van der Waals surface area contributed by atoms with Crippen LogP contribution in [0.1, 0.15) is 5.56 Å². The summed E-state index contributed by atoms with van der Waals surface area (Å²) >= 11 is 1.10. The molecule has 0 radical (unpaired) electrons. The van der Waals surface area contributed by atoms with Crippen LogP contribution in [0, 0.1) is 10.7 Å². The van der Waals surface area contributed by atoms with Gasteiger partial charge >= 0.3 is 0 Å². The Labute approximate surface area is 116 Å². The minimum atomic E-state index is 0.488. The fourth-order valence-electron chi connectivity index (χ4n) is 1.62. The number of rotatable bonds is 5. The topological polar surface area (TPSA) is 42.2 Å². The summed E-state index contributed by atoms with van der Waals surface area (Å²) in [6.07, 6.45) is 0. The fourth-order valence-corrected chi connectivity index (χ4v) is 2.03. The van der Waals surface area contributed by atoms with Gasteiger partial charge in [-0.15, -0.1) is 0 Å². The van der Waals surface area contributed by atoms with Crippen LogP contribution in [0.25, 0.3) is 0 Å². The number of methoxy groups -OCH3 is 1. The maximum atomic E-state index is 8.65. The lowest BCUT2D eigenvalue weighted by molar-refractivity contribution is 0.284. The predicted molar refractivity (Wildman–Crippen MR) is 75.2 cm³/mol. The third-order valence-corrected chi connectivity index (χ3v) is 3.12. The van der Waals surface area contributed by atoms with Gasteiger partial charge in [-0.05, 0) is 35.5 Å². The van der Waals surface area contributed by atoms with E-state index in [9.17, 15) is 0 Å². The zero-order chi connectivity index (χ0) is 13.5. The van der Waals surface area contributed by atoms with E-state index in [0.717, 1.165) is 22.2 Å². The second-order valence-electron chi connectivity index (χ2n) is 3.78. The Kier molecular flexibility index (Phi) is 4.71. The first-order chi connectivity index (χ1) is 9.33. The first kappa shape index (κ1) is 13.3. The predicted octanol–water partition coefficient (Wildman–Crippen LogP) is 3.85. The molecule has 0 saturated heterocycles. The maximum Gasteiger partial charge on any atom is 0.161 e. The number of ether oxygens (including phenoxy) is 2. The minimum Gasteiger partial charge on any atom is -0.493 e. The number of nitrogens with zero attached hydrogens (tertiary/aromatic N) is 1. The third kappa shape index (κ3) is 3.67. The molecule has 2 rings (SSSR count). The molecule has 2 aromatic carbocycles. The van der Waals surface area contributed by atoms with Gasteiger partial charge in [-0.3, -0.25) is 0 Å². The lowest BCUT2D eigenvalue weighted by Gasteiger charge is -2.11. The van der Waals surface area contributed by atoms with E-state index in [2.05, 4.69) is 0 Å². The quantitative estimate of drug-likeness (QED) is 0.612. The van der Waals surface area contributed by atoms with Crippen LogP contribution in [0.4, 0.5) is 0 Å². The van der Waals surface area contributed by atoms with Crippen molar-refractivity contribution in [1.29, 1.82) is 5.26 Å². The Morgan fingerprint density at radius 2 is 1.89 bits per heavy atom. The van der Waals surface area contributed by atoms with Crippen LogP contribution in [0.15, 0.2) is 53.4 Å². The van der Waals surface area contributed by atoms with Gasteiger partial charge in [-0.1, -0.05) is 30.3 Å². The molecule has 0 fully saturated rings. The third-order valence-electron chi connectivity index (χ3n) is 2.54. The van der Waals surface area contributed by atoms with Gasteiger partial charge in [0.2, 0.25) is 0 Å². The second-order valence-corrected chi connectivity index (χ2v) is 4.64. The van der Waals surface area contributed by atoms with Crippen LogP contribution in [0.2, 0.25) is 0 Å². The SMILES string of the molecule is COc1cc(SC#N)ccc1OCc1ccccc1. The van der Waals surface area contributed by atoms with Crippen LogP contribution >= 0.6 is 11.8 Å². The van der Waals surface area contributed by atoms with Crippen molar-refractivity contribution in [2.45, 2.75) is 11.5 Å². The van der Waals surface area contributed by atoms with Crippen molar-refractivity contribution >= 4 is 11.8 Å². The van der Waals surface area contributed by atoms with Crippen molar-refractivity contribution in [3.05, 3.63) is 54.1 Å². The fraction of sp³-hybridized carbons (Fsp3) is 0.133. The highest BCUT2D eigenvalue weighted by Crippen LogP contribution is 2.32. The van der Waals surface area contributed by atoms with Crippen LogP contribution in [-0.2, 0) is 6.61 Å². The summed E-state index contributed by atoms with van der Waals surface area (Å²) in [7, 11) is 1.59. The molecule has 0 aliphatic rings. The van der Waals surface area contributed by atoms with E-state index in [4.69, 9.17) is 14.7 Å². The highest BCUT2D eigenvalue weighted by Gasteiger charge is 2.06. The van der Waals surface area contributed by atoms with Crippen molar-refractivity contribution < 1.29 is 9.47 Å². The summed E-state index contributed by atoms with van der Waals surface area (Å²) < 4.78 is 11.0. The average molecular weight is 271 g/mol. The van der Waals surface area contributed by atoms with Gasteiger partial charge in [0.25, 0.3) is 0 Å². The molecule has 4 heteroatoms. The number of hydrogen-bond acceptors (Lipinski definition) is 4. The lowest BCUT2D eigenvalue weighted by Crippen LogP contribution is -1.97. The Bertz CT molecular complexity index is 578. The molecular formula is C15H13NO2S. The van der Waals surface area contributed by atoms with Crippen LogP contribution in [0.3, 0.4) is 0 Å². The first-order valence-electron chi connectivity index (χ1n) is 5.74. The molecule has 0 aliphatic heterocycles. The standard InChI is InChI=1S/C15H13NO2S/c1-17-15-9-13(19-11-16)7-8-14(15)18-10-12-5-3-2-4-6-12/h2-9H,10H2,1H3. The number of benzene rings is 2. The van der Waals surface area contributed by atoms with E-state index in [0.29, 0.717) is 18.1 Å². The van der Waals surface area contributed by atoms with Gasteiger partial charge < -0.3 is 9.47 Å². The molecule has 19 heavy (non-hydrogen) atoms. The normalized spacial score (nSPS) is 9.68. The number of hydrogen-bond donors (Lipinski definition) is 0. The Balaban J connectivity index is 2.10. The average Bonchev–Trinajstić information content (AvgIpc) is 2.47. The van der Waals surface area contributed by atoms with Gasteiger partial charge in [0.05, 0.1) is 7.11 Å². The molecule has 0 saturated carbocycles. The van der Waals surface area contributed by atoms with Gasteiger partial charge in [0.15, 0.2) is 11.5 Å². The zero-order valence-electron chi connectivity index (χ0n) is 10.5. The number of nitriles is 1. The van der Waals surface area contributed by atoms with Crippen molar-refractivity contribution in [1.82, 2.24) is 0 Å². The Morgan fingerprint density at radius 1 is 1.11 bits per heavy atom. The zero-order valence-corrected chi connectivity index (χ0v) is 11.3. The first-order valence-corrected chi connectivity index (χ1v) is 6.56. The molecule has 3 nitrogen and oxygen atoms in total. The Hall–Kier alpha value is -2.12. The van der Waals surface area contributed by atoms with E-state index < -0.39 is 0 Å².